The lowest BCUT2D eigenvalue weighted by Crippen LogP contribution is -2.16. The molecule has 0 radical (unpaired) electrons. The Morgan fingerprint density at radius 3 is 2.78 bits per heavy atom. The first-order valence-corrected chi connectivity index (χ1v) is 5.77. The van der Waals surface area contributed by atoms with E-state index in [9.17, 15) is 9.18 Å². The Bertz CT molecular complexity index is 396. The third-order valence-corrected chi connectivity index (χ3v) is 2.51. The molecular weight excluding hydrogens is 237 g/mol. The van der Waals surface area contributed by atoms with Crippen LogP contribution in [-0.2, 0) is 16.1 Å². The van der Waals surface area contributed by atoms with Gasteiger partial charge in [0.15, 0.2) is 11.6 Å². The Morgan fingerprint density at radius 2 is 2.17 bits per heavy atom. The second-order valence-corrected chi connectivity index (χ2v) is 3.83. The molecule has 18 heavy (non-hydrogen) atoms. The van der Waals surface area contributed by atoms with Crippen molar-refractivity contribution in [2.75, 3.05) is 20.8 Å². The Hall–Kier alpha value is -1.62. The minimum Gasteiger partial charge on any atom is -0.494 e. The van der Waals surface area contributed by atoms with Gasteiger partial charge in [-0.25, -0.2) is 4.39 Å². The smallest absolute Gasteiger partial charge is 0.305 e. The van der Waals surface area contributed by atoms with Crippen molar-refractivity contribution < 1.29 is 18.7 Å². The fourth-order valence-corrected chi connectivity index (χ4v) is 1.51. The normalized spacial score (nSPS) is 10.2. The van der Waals surface area contributed by atoms with Crippen molar-refractivity contribution in [2.24, 2.45) is 0 Å². The van der Waals surface area contributed by atoms with Crippen molar-refractivity contribution in [3.05, 3.63) is 29.6 Å². The molecule has 1 aromatic rings. The molecule has 0 heterocycles. The minimum absolute atomic E-state index is 0.215. The minimum atomic E-state index is -0.369. The molecule has 5 heteroatoms. The van der Waals surface area contributed by atoms with E-state index in [4.69, 9.17) is 4.74 Å². The predicted molar refractivity (Wildman–Crippen MR) is 65.9 cm³/mol. The van der Waals surface area contributed by atoms with Gasteiger partial charge in [-0.1, -0.05) is 6.07 Å². The van der Waals surface area contributed by atoms with Crippen molar-refractivity contribution in [3.63, 3.8) is 0 Å². The first-order chi connectivity index (χ1) is 8.67. The number of esters is 1. The van der Waals surface area contributed by atoms with Gasteiger partial charge in [0.1, 0.15) is 0 Å². The van der Waals surface area contributed by atoms with Crippen molar-refractivity contribution in [2.45, 2.75) is 19.4 Å². The van der Waals surface area contributed by atoms with Crippen LogP contribution >= 0.6 is 0 Å². The summed E-state index contributed by atoms with van der Waals surface area (Å²) < 4.78 is 22.7. The second-order valence-electron chi connectivity index (χ2n) is 3.83. The maximum atomic E-state index is 13.4. The van der Waals surface area contributed by atoms with E-state index in [1.165, 1.54) is 20.3 Å². The first kappa shape index (κ1) is 14.4. The lowest BCUT2D eigenvalue weighted by atomic mass is 10.2. The molecule has 0 aliphatic heterocycles. The van der Waals surface area contributed by atoms with Crippen LogP contribution in [0.25, 0.3) is 0 Å². The van der Waals surface area contributed by atoms with Crippen LogP contribution in [-0.4, -0.2) is 26.7 Å². The molecule has 1 aromatic carbocycles. The molecule has 0 fully saturated rings. The molecule has 1 rings (SSSR count). The Morgan fingerprint density at radius 1 is 1.39 bits per heavy atom. The van der Waals surface area contributed by atoms with Crippen LogP contribution in [0, 0.1) is 5.82 Å². The summed E-state index contributed by atoms with van der Waals surface area (Å²) in [7, 11) is 2.80. The molecule has 0 aliphatic rings. The lowest BCUT2D eigenvalue weighted by molar-refractivity contribution is -0.140. The Balaban J connectivity index is 2.27. The van der Waals surface area contributed by atoms with E-state index in [1.807, 2.05) is 0 Å². The second kappa shape index (κ2) is 7.66. The fourth-order valence-electron chi connectivity index (χ4n) is 1.51. The summed E-state index contributed by atoms with van der Waals surface area (Å²) in [6.45, 7) is 1.24. The molecule has 0 unspecified atom stereocenters. The number of carbonyl (C=O) groups is 1. The number of ether oxygens (including phenoxy) is 2. The van der Waals surface area contributed by atoms with Crippen LogP contribution in [0.1, 0.15) is 18.4 Å². The molecule has 0 spiro atoms. The van der Waals surface area contributed by atoms with E-state index in [0.29, 0.717) is 25.9 Å². The monoisotopic (exact) mass is 255 g/mol. The van der Waals surface area contributed by atoms with Gasteiger partial charge in [-0.05, 0) is 30.7 Å². The Labute approximate surface area is 106 Å². The summed E-state index contributed by atoms with van der Waals surface area (Å²) in [4.78, 5) is 10.8. The van der Waals surface area contributed by atoms with E-state index in [-0.39, 0.29) is 17.5 Å². The molecule has 0 saturated heterocycles. The summed E-state index contributed by atoms with van der Waals surface area (Å²) in [5.41, 5.74) is 0.839. The van der Waals surface area contributed by atoms with E-state index in [0.717, 1.165) is 5.56 Å². The van der Waals surface area contributed by atoms with Crippen LogP contribution < -0.4 is 10.1 Å². The highest BCUT2D eigenvalue weighted by Gasteiger charge is 2.03. The standard InChI is InChI=1S/C13H18FNO3/c1-17-12-6-5-10(8-11(12)14)9-15-7-3-4-13(16)18-2/h5-6,8,15H,3-4,7,9H2,1-2H3. The van der Waals surface area contributed by atoms with Crippen molar-refractivity contribution >= 4 is 5.97 Å². The number of methoxy groups -OCH3 is 2. The molecule has 0 saturated carbocycles. The van der Waals surface area contributed by atoms with Crippen molar-refractivity contribution in [1.82, 2.24) is 5.32 Å². The van der Waals surface area contributed by atoms with Crippen LogP contribution in [0.3, 0.4) is 0 Å². The number of nitrogens with one attached hydrogen (secondary N) is 1. The van der Waals surface area contributed by atoms with Gasteiger partial charge in [0.25, 0.3) is 0 Å². The third kappa shape index (κ3) is 4.71. The van der Waals surface area contributed by atoms with Gasteiger partial charge >= 0.3 is 5.97 Å². The maximum absolute atomic E-state index is 13.4. The van der Waals surface area contributed by atoms with Crippen LogP contribution in [0.5, 0.6) is 5.75 Å². The average molecular weight is 255 g/mol. The Kier molecular flexibility index (Phi) is 6.14. The van der Waals surface area contributed by atoms with Crippen molar-refractivity contribution in [1.29, 1.82) is 0 Å². The highest BCUT2D eigenvalue weighted by atomic mass is 19.1. The molecular formula is C13H18FNO3. The molecule has 0 aromatic heterocycles. The zero-order valence-electron chi connectivity index (χ0n) is 10.7. The largest absolute Gasteiger partial charge is 0.494 e. The SMILES string of the molecule is COC(=O)CCCNCc1ccc(OC)c(F)c1. The number of hydrogen-bond donors (Lipinski definition) is 1. The number of carbonyl (C=O) groups excluding carboxylic acids is 1. The highest BCUT2D eigenvalue weighted by molar-refractivity contribution is 5.69. The molecule has 100 valence electrons. The number of benzene rings is 1. The number of hydrogen-bond acceptors (Lipinski definition) is 4. The fraction of sp³-hybridized carbons (Fsp3) is 0.462. The van der Waals surface area contributed by atoms with E-state index in [2.05, 4.69) is 10.1 Å². The van der Waals surface area contributed by atoms with Crippen LogP contribution in [0.4, 0.5) is 4.39 Å². The number of halogens is 1. The molecule has 0 bridgehead atoms. The van der Waals surface area contributed by atoms with Gasteiger partial charge < -0.3 is 14.8 Å². The topological polar surface area (TPSA) is 47.6 Å². The summed E-state index contributed by atoms with van der Waals surface area (Å²) in [6, 6.07) is 4.84. The molecule has 0 aliphatic carbocycles. The summed E-state index contributed by atoms with van der Waals surface area (Å²) in [6.07, 6.45) is 1.09. The first-order valence-electron chi connectivity index (χ1n) is 5.77. The van der Waals surface area contributed by atoms with Gasteiger partial charge in [0.2, 0.25) is 0 Å². The summed E-state index contributed by atoms with van der Waals surface area (Å²) in [5, 5.41) is 3.13. The third-order valence-electron chi connectivity index (χ3n) is 2.51. The maximum Gasteiger partial charge on any atom is 0.305 e. The zero-order chi connectivity index (χ0) is 13.4. The summed E-state index contributed by atoms with van der Waals surface area (Å²) in [5.74, 6) is -0.344. The van der Waals surface area contributed by atoms with Gasteiger partial charge in [-0.15, -0.1) is 0 Å². The molecule has 0 atom stereocenters. The van der Waals surface area contributed by atoms with E-state index >= 15 is 0 Å². The van der Waals surface area contributed by atoms with Gasteiger partial charge in [-0.2, -0.15) is 0 Å². The van der Waals surface area contributed by atoms with E-state index < -0.39 is 0 Å². The van der Waals surface area contributed by atoms with Crippen molar-refractivity contribution in [3.8, 4) is 5.75 Å². The zero-order valence-corrected chi connectivity index (χ0v) is 10.7. The van der Waals surface area contributed by atoms with Gasteiger partial charge in [-0.3, -0.25) is 4.79 Å². The number of rotatable bonds is 7. The van der Waals surface area contributed by atoms with E-state index in [1.54, 1.807) is 12.1 Å². The van der Waals surface area contributed by atoms with Gasteiger partial charge in [0, 0.05) is 13.0 Å². The van der Waals surface area contributed by atoms with Gasteiger partial charge in [0.05, 0.1) is 14.2 Å². The molecule has 1 N–H and O–H groups in total. The average Bonchev–Trinajstić information content (AvgIpc) is 2.38. The quantitative estimate of drug-likeness (QED) is 0.597. The lowest BCUT2D eigenvalue weighted by Gasteiger charge is -2.06. The highest BCUT2D eigenvalue weighted by Crippen LogP contribution is 2.17. The molecule has 0 amide bonds. The summed E-state index contributed by atoms with van der Waals surface area (Å²) >= 11 is 0. The predicted octanol–water partition coefficient (Wildman–Crippen LogP) is 1.88. The van der Waals surface area contributed by atoms with Crippen LogP contribution in [0.15, 0.2) is 18.2 Å². The molecule has 4 nitrogen and oxygen atoms in total. The van der Waals surface area contributed by atoms with Crippen LogP contribution in [0.2, 0.25) is 0 Å².